The minimum absolute atomic E-state index is 0.0794. The Kier molecular flexibility index (Phi) is 7.68. The lowest BCUT2D eigenvalue weighted by atomic mass is 10.0. The van der Waals surface area contributed by atoms with E-state index in [1.165, 1.54) is 11.1 Å². The maximum Gasteiger partial charge on any atom is 0.251 e. The number of hydrogen-bond donors (Lipinski definition) is 1. The van der Waals surface area contributed by atoms with E-state index in [0.717, 1.165) is 21.6 Å². The minimum Gasteiger partial charge on any atom is -0.348 e. The van der Waals surface area contributed by atoms with Gasteiger partial charge in [-0.2, -0.15) is 0 Å². The van der Waals surface area contributed by atoms with Crippen molar-refractivity contribution in [3.05, 3.63) is 89.5 Å². The van der Waals surface area contributed by atoms with E-state index in [2.05, 4.69) is 49.2 Å². The zero-order chi connectivity index (χ0) is 19.8. The molecule has 0 radical (unpaired) electrons. The Morgan fingerprint density at radius 2 is 1.78 bits per heavy atom. The highest BCUT2D eigenvalue weighted by atomic mass is 32.2. The number of amides is 1. The van der Waals surface area contributed by atoms with Gasteiger partial charge in [-0.05, 0) is 61.9 Å². The van der Waals surface area contributed by atoms with E-state index in [1.807, 2.05) is 44.4 Å². The Labute approximate surface area is 167 Å². The van der Waals surface area contributed by atoms with E-state index < -0.39 is 0 Å². The Bertz CT molecular complexity index is 872. The third-order valence-corrected chi connectivity index (χ3v) is 4.84. The summed E-state index contributed by atoms with van der Waals surface area (Å²) in [4.78, 5) is 13.8. The normalized spacial score (nSPS) is 11.0. The summed E-state index contributed by atoms with van der Waals surface area (Å²) in [5.41, 5.74) is 6.23. The fourth-order valence-corrected chi connectivity index (χ4v) is 3.01. The van der Waals surface area contributed by atoms with Crippen LogP contribution >= 0.6 is 11.8 Å². The molecule has 3 heteroatoms. The van der Waals surface area contributed by atoms with E-state index in [-0.39, 0.29) is 5.91 Å². The van der Waals surface area contributed by atoms with Crippen LogP contribution in [-0.2, 0) is 0 Å². The van der Waals surface area contributed by atoms with Gasteiger partial charge in [0, 0.05) is 17.0 Å². The second kappa shape index (κ2) is 9.98. The highest BCUT2D eigenvalue weighted by Crippen LogP contribution is 2.27. The molecule has 27 heavy (non-hydrogen) atoms. The first-order valence-corrected chi connectivity index (χ1v) is 10.2. The zero-order valence-corrected chi connectivity index (χ0v) is 17.3. The molecule has 0 saturated carbocycles. The van der Waals surface area contributed by atoms with Gasteiger partial charge < -0.3 is 5.32 Å². The van der Waals surface area contributed by atoms with Gasteiger partial charge in [-0.25, -0.2) is 0 Å². The van der Waals surface area contributed by atoms with E-state index in [9.17, 15) is 4.79 Å². The molecular formula is C24H27NOS. The number of benzene rings is 2. The van der Waals surface area contributed by atoms with Crippen molar-refractivity contribution in [3.63, 3.8) is 0 Å². The van der Waals surface area contributed by atoms with Crippen LogP contribution in [0.2, 0.25) is 0 Å². The summed E-state index contributed by atoms with van der Waals surface area (Å²) in [6.07, 6.45) is 7.80. The van der Waals surface area contributed by atoms with Gasteiger partial charge in [0.05, 0.1) is 0 Å². The van der Waals surface area contributed by atoms with Gasteiger partial charge in [0.2, 0.25) is 0 Å². The van der Waals surface area contributed by atoms with Gasteiger partial charge in [0.15, 0.2) is 0 Å². The lowest BCUT2D eigenvalue weighted by Gasteiger charge is -2.10. The van der Waals surface area contributed by atoms with Gasteiger partial charge in [0.25, 0.3) is 5.91 Å². The first-order valence-electron chi connectivity index (χ1n) is 8.93. The molecule has 1 amide bonds. The molecule has 2 nitrogen and oxygen atoms in total. The molecule has 1 N–H and O–H groups in total. The zero-order valence-electron chi connectivity index (χ0n) is 16.5. The Hall–Kier alpha value is -2.52. The van der Waals surface area contributed by atoms with Crippen molar-refractivity contribution >= 4 is 17.7 Å². The molecule has 0 saturated heterocycles. The maximum absolute atomic E-state index is 12.7. The van der Waals surface area contributed by atoms with Crippen molar-refractivity contribution in [1.82, 2.24) is 5.32 Å². The van der Waals surface area contributed by atoms with Crippen LogP contribution < -0.4 is 5.32 Å². The van der Waals surface area contributed by atoms with Crippen LogP contribution in [0.25, 0.3) is 11.1 Å². The Morgan fingerprint density at radius 1 is 1.07 bits per heavy atom. The van der Waals surface area contributed by atoms with E-state index >= 15 is 0 Å². The molecule has 0 atom stereocenters. The summed E-state index contributed by atoms with van der Waals surface area (Å²) in [6, 6.07) is 14.4. The van der Waals surface area contributed by atoms with Crippen molar-refractivity contribution in [1.29, 1.82) is 0 Å². The number of allylic oxidation sites excluding steroid dienone is 3. The average Bonchev–Trinajstić information content (AvgIpc) is 2.67. The summed E-state index contributed by atoms with van der Waals surface area (Å²) >= 11 is 1.64. The van der Waals surface area contributed by atoms with Crippen LogP contribution in [0.5, 0.6) is 0 Å². The number of aryl methyl sites for hydroxylation is 1. The van der Waals surface area contributed by atoms with Crippen molar-refractivity contribution in [2.24, 2.45) is 0 Å². The molecule has 140 valence electrons. The number of carbonyl (C=O) groups is 1. The predicted molar refractivity (Wildman–Crippen MR) is 118 cm³/mol. The largest absolute Gasteiger partial charge is 0.348 e. The fraction of sp³-hybridized carbons (Fsp3) is 0.208. The maximum atomic E-state index is 12.7. The Balaban J connectivity index is 2.24. The summed E-state index contributed by atoms with van der Waals surface area (Å²) in [5, 5.41) is 3.00. The minimum atomic E-state index is -0.0794. The molecule has 2 aromatic carbocycles. The summed E-state index contributed by atoms with van der Waals surface area (Å²) < 4.78 is 0. The summed E-state index contributed by atoms with van der Waals surface area (Å²) in [7, 11) is 0. The van der Waals surface area contributed by atoms with Crippen LogP contribution in [0, 0.1) is 6.92 Å². The topological polar surface area (TPSA) is 29.1 Å². The van der Waals surface area contributed by atoms with Crippen molar-refractivity contribution in [2.75, 3.05) is 12.8 Å². The van der Waals surface area contributed by atoms with Gasteiger partial charge in [0.1, 0.15) is 0 Å². The number of carbonyl (C=O) groups excluding carboxylic acids is 1. The lowest BCUT2D eigenvalue weighted by Crippen LogP contribution is -2.25. The molecule has 2 rings (SSSR count). The molecular weight excluding hydrogens is 350 g/mol. The standard InChI is InChI=1S/C24H27NOS/c1-6-19(10-7-17(2)3)16-25-24(26)22-13-21(14-23(15-22)27-5)20-11-8-18(4)9-12-20/h6-15H,1,16H2,2-5H3,(H,25,26)/b19-10+. The molecule has 0 aliphatic heterocycles. The van der Waals surface area contributed by atoms with Crippen molar-refractivity contribution in [2.45, 2.75) is 25.7 Å². The smallest absolute Gasteiger partial charge is 0.251 e. The van der Waals surface area contributed by atoms with Gasteiger partial charge in [-0.1, -0.05) is 60.2 Å². The molecule has 0 unspecified atom stereocenters. The Morgan fingerprint density at radius 3 is 2.37 bits per heavy atom. The lowest BCUT2D eigenvalue weighted by molar-refractivity contribution is 0.0957. The van der Waals surface area contributed by atoms with Crippen LogP contribution in [0.4, 0.5) is 0 Å². The molecule has 0 fully saturated rings. The fourth-order valence-electron chi connectivity index (χ4n) is 2.52. The highest BCUT2D eigenvalue weighted by Gasteiger charge is 2.10. The molecule has 0 spiro atoms. The molecule has 2 aromatic rings. The van der Waals surface area contributed by atoms with Gasteiger partial charge in [-0.15, -0.1) is 11.8 Å². The monoisotopic (exact) mass is 377 g/mol. The van der Waals surface area contributed by atoms with Crippen LogP contribution in [-0.4, -0.2) is 18.7 Å². The van der Waals surface area contributed by atoms with Gasteiger partial charge >= 0.3 is 0 Å². The number of rotatable bonds is 7. The SMILES string of the molecule is C=C/C(=C\C=C(C)C)CNC(=O)c1cc(SC)cc(-c2ccc(C)cc2)c1. The number of hydrogen-bond acceptors (Lipinski definition) is 2. The van der Waals surface area contributed by atoms with Crippen molar-refractivity contribution in [3.8, 4) is 11.1 Å². The first kappa shape index (κ1) is 20.8. The highest BCUT2D eigenvalue weighted by molar-refractivity contribution is 7.98. The number of thioether (sulfide) groups is 1. The molecule has 0 aliphatic carbocycles. The quantitative estimate of drug-likeness (QED) is 0.460. The van der Waals surface area contributed by atoms with Crippen molar-refractivity contribution < 1.29 is 4.79 Å². The molecule has 0 heterocycles. The summed E-state index contributed by atoms with van der Waals surface area (Å²) in [5.74, 6) is -0.0794. The summed E-state index contributed by atoms with van der Waals surface area (Å²) in [6.45, 7) is 10.4. The first-order chi connectivity index (χ1) is 12.9. The second-order valence-electron chi connectivity index (χ2n) is 6.69. The average molecular weight is 378 g/mol. The van der Waals surface area contributed by atoms with Crippen LogP contribution in [0.1, 0.15) is 29.8 Å². The van der Waals surface area contributed by atoms with E-state index in [1.54, 1.807) is 17.8 Å². The number of nitrogens with one attached hydrogen (secondary N) is 1. The predicted octanol–water partition coefficient (Wildman–Crippen LogP) is 6.19. The van der Waals surface area contributed by atoms with E-state index in [0.29, 0.717) is 12.1 Å². The second-order valence-corrected chi connectivity index (χ2v) is 7.57. The third-order valence-electron chi connectivity index (χ3n) is 4.14. The molecule has 0 bridgehead atoms. The van der Waals surface area contributed by atoms with Crippen LogP contribution in [0.15, 0.2) is 83.3 Å². The third kappa shape index (κ3) is 6.30. The van der Waals surface area contributed by atoms with E-state index in [4.69, 9.17) is 0 Å². The molecule has 0 aliphatic rings. The van der Waals surface area contributed by atoms with Gasteiger partial charge in [-0.3, -0.25) is 4.79 Å². The molecule has 0 aromatic heterocycles. The van der Waals surface area contributed by atoms with Crippen LogP contribution in [0.3, 0.4) is 0 Å².